The average Bonchev–Trinajstić information content (AvgIpc) is 2.62. The zero-order valence-corrected chi connectivity index (χ0v) is 16.2. The fourth-order valence-electron chi connectivity index (χ4n) is 2.49. The van der Waals surface area contributed by atoms with Crippen molar-refractivity contribution in [2.75, 3.05) is 25.5 Å². The Balaban J connectivity index is 2.32. The van der Waals surface area contributed by atoms with Crippen LogP contribution in [-0.2, 0) is 19.5 Å². The lowest BCUT2D eigenvalue weighted by Gasteiger charge is -2.15. The second-order valence-electron chi connectivity index (χ2n) is 5.74. The van der Waals surface area contributed by atoms with Gasteiger partial charge in [0.1, 0.15) is 0 Å². The zero-order valence-electron chi connectivity index (χ0n) is 15.4. The number of sulfonamides is 1. The molecule has 0 bridgehead atoms. The molecule has 0 aromatic heterocycles. The van der Waals surface area contributed by atoms with Crippen LogP contribution in [0.1, 0.15) is 18.1 Å². The van der Waals surface area contributed by atoms with E-state index < -0.39 is 16.3 Å². The van der Waals surface area contributed by atoms with E-state index >= 15 is 0 Å². The quantitative estimate of drug-likeness (QED) is 0.567. The van der Waals surface area contributed by atoms with Gasteiger partial charge in [-0.3, -0.25) is 9.71 Å². The molecule has 0 saturated carbocycles. The number of hydrogen-bond donors (Lipinski definition) is 1. The molecule has 1 N–H and O–H groups in total. The van der Waals surface area contributed by atoms with Gasteiger partial charge in [0.2, 0.25) is 0 Å². The van der Waals surface area contributed by atoms with Gasteiger partial charge in [-0.2, -0.15) is 0 Å². The van der Waals surface area contributed by atoms with Crippen molar-refractivity contribution in [1.82, 2.24) is 0 Å². The Morgan fingerprint density at radius 3 is 2.35 bits per heavy atom. The lowest BCUT2D eigenvalue weighted by molar-refractivity contribution is -0.0936. The van der Waals surface area contributed by atoms with E-state index in [1.54, 1.807) is 57.5 Å². The van der Waals surface area contributed by atoms with Crippen LogP contribution in [0.3, 0.4) is 0 Å². The molecule has 140 valence electrons. The maximum atomic E-state index is 12.8. The van der Waals surface area contributed by atoms with E-state index in [9.17, 15) is 8.42 Å². The molecule has 0 saturated heterocycles. The fourth-order valence-corrected chi connectivity index (χ4v) is 3.81. The Morgan fingerprint density at radius 1 is 1.08 bits per heavy atom. The molecular formula is C19H24N2O4S. The Morgan fingerprint density at radius 2 is 1.69 bits per heavy atom. The lowest BCUT2D eigenvalue weighted by atomic mass is 10.1. The number of nitrogens with one attached hydrogen (secondary N) is 1. The number of aliphatic imine (C=N–C) groups is 1. The topological polar surface area (TPSA) is 77.0 Å². The molecule has 0 radical (unpaired) electrons. The van der Waals surface area contributed by atoms with Crippen molar-refractivity contribution in [1.29, 1.82) is 0 Å². The Hall–Kier alpha value is -2.22. The van der Waals surface area contributed by atoms with Crippen LogP contribution >= 0.6 is 0 Å². The number of benzene rings is 2. The third-order valence-electron chi connectivity index (χ3n) is 3.95. The number of rotatable bonds is 8. The second-order valence-corrected chi connectivity index (χ2v) is 7.39. The normalized spacial score (nSPS) is 12.4. The molecule has 0 aliphatic rings. The molecule has 2 rings (SSSR count). The minimum Gasteiger partial charge on any atom is -0.354 e. The number of para-hydroxylation sites is 1. The molecule has 2 aromatic carbocycles. The molecule has 0 atom stereocenters. The van der Waals surface area contributed by atoms with Gasteiger partial charge in [0.15, 0.2) is 6.29 Å². The first-order chi connectivity index (χ1) is 12.4. The highest BCUT2D eigenvalue weighted by Crippen LogP contribution is 2.22. The first kappa shape index (κ1) is 20.1. The fraction of sp³-hybridized carbons (Fsp3) is 0.316. The summed E-state index contributed by atoms with van der Waals surface area (Å²) < 4.78 is 38.5. The molecule has 0 heterocycles. The monoisotopic (exact) mass is 376 g/mol. The van der Waals surface area contributed by atoms with Crippen molar-refractivity contribution >= 4 is 21.4 Å². The summed E-state index contributed by atoms with van der Waals surface area (Å²) >= 11 is 0. The SMILES string of the molecule is COC(CN=C(C)c1ccccc1NS(=O)(=O)c1ccccc1C)OC. The van der Waals surface area contributed by atoms with Crippen LogP contribution in [0.15, 0.2) is 58.4 Å². The Bertz CT molecular complexity index is 875. The van der Waals surface area contributed by atoms with Gasteiger partial charge in [-0.25, -0.2) is 8.42 Å². The van der Waals surface area contributed by atoms with Crippen molar-refractivity contribution in [2.24, 2.45) is 4.99 Å². The summed E-state index contributed by atoms with van der Waals surface area (Å²) in [6.07, 6.45) is -0.444. The summed E-state index contributed by atoms with van der Waals surface area (Å²) in [4.78, 5) is 4.70. The number of aryl methyl sites for hydroxylation is 1. The standard InChI is InChI=1S/C19H24N2O4S/c1-14-9-5-8-12-18(14)26(22,23)21-17-11-7-6-10-16(17)15(2)20-13-19(24-3)25-4/h5-12,19,21H,13H2,1-4H3. The van der Waals surface area contributed by atoms with Gasteiger partial charge in [-0.1, -0.05) is 36.4 Å². The number of nitrogens with zero attached hydrogens (tertiary/aromatic N) is 1. The minimum atomic E-state index is -3.70. The highest BCUT2D eigenvalue weighted by atomic mass is 32.2. The van der Waals surface area contributed by atoms with Crippen molar-refractivity contribution < 1.29 is 17.9 Å². The van der Waals surface area contributed by atoms with E-state index in [0.29, 0.717) is 29.1 Å². The van der Waals surface area contributed by atoms with Gasteiger partial charge in [-0.05, 0) is 31.5 Å². The van der Waals surface area contributed by atoms with Gasteiger partial charge < -0.3 is 9.47 Å². The zero-order chi connectivity index (χ0) is 19.2. The predicted molar refractivity (Wildman–Crippen MR) is 103 cm³/mol. The summed E-state index contributed by atoms with van der Waals surface area (Å²) in [5, 5.41) is 0. The van der Waals surface area contributed by atoms with Crippen molar-refractivity contribution in [2.45, 2.75) is 25.0 Å². The van der Waals surface area contributed by atoms with Crippen molar-refractivity contribution in [3.63, 3.8) is 0 Å². The number of ether oxygens (including phenoxy) is 2. The Labute approximate surface area is 154 Å². The van der Waals surface area contributed by atoms with Crippen LogP contribution in [-0.4, -0.2) is 41.2 Å². The highest BCUT2D eigenvalue weighted by molar-refractivity contribution is 7.92. The summed E-state index contributed by atoms with van der Waals surface area (Å²) in [6.45, 7) is 3.91. The maximum Gasteiger partial charge on any atom is 0.262 e. The number of hydrogen-bond acceptors (Lipinski definition) is 5. The smallest absolute Gasteiger partial charge is 0.262 e. The van der Waals surface area contributed by atoms with E-state index in [-0.39, 0.29) is 4.90 Å². The number of anilines is 1. The van der Waals surface area contributed by atoms with Gasteiger partial charge in [0.05, 0.1) is 17.1 Å². The minimum absolute atomic E-state index is 0.253. The molecule has 0 aliphatic carbocycles. The summed E-state index contributed by atoms with van der Waals surface area (Å²) in [6, 6.07) is 14.0. The van der Waals surface area contributed by atoms with Crippen LogP contribution in [0.5, 0.6) is 0 Å². The number of methoxy groups -OCH3 is 2. The van der Waals surface area contributed by atoms with Crippen LogP contribution in [0.2, 0.25) is 0 Å². The third kappa shape index (κ3) is 4.91. The van der Waals surface area contributed by atoms with Gasteiger partial charge in [0, 0.05) is 25.5 Å². The van der Waals surface area contributed by atoms with E-state index in [1.165, 1.54) is 0 Å². The molecule has 2 aromatic rings. The maximum absolute atomic E-state index is 12.8. The van der Waals surface area contributed by atoms with Crippen LogP contribution < -0.4 is 4.72 Å². The summed E-state index contributed by atoms with van der Waals surface area (Å²) in [5.41, 5.74) is 2.55. The molecule has 7 heteroatoms. The van der Waals surface area contributed by atoms with Crippen LogP contribution in [0.25, 0.3) is 0 Å². The first-order valence-electron chi connectivity index (χ1n) is 8.13. The van der Waals surface area contributed by atoms with Crippen LogP contribution in [0, 0.1) is 6.92 Å². The lowest BCUT2D eigenvalue weighted by Crippen LogP contribution is -2.19. The molecule has 0 amide bonds. The molecule has 0 spiro atoms. The molecule has 0 unspecified atom stereocenters. The van der Waals surface area contributed by atoms with E-state index in [1.807, 2.05) is 19.1 Å². The molecule has 0 fully saturated rings. The van der Waals surface area contributed by atoms with Crippen molar-refractivity contribution in [3.05, 3.63) is 59.7 Å². The first-order valence-corrected chi connectivity index (χ1v) is 9.62. The van der Waals surface area contributed by atoms with E-state index in [0.717, 1.165) is 0 Å². The molecule has 0 aliphatic heterocycles. The van der Waals surface area contributed by atoms with E-state index in [2.05, 4.69) is 9.71 Å². The third-order valence-corrected chi connectivity index (χ3v) is 5.47. The summed E-state index contributed by atoms with van der Waals surface area (Å²) in [5.74, 6) is 0. The molecular weight excluding hydrogens is 352 g/mol. The predicted octanol–water partition coefficient (Wildman–Crippen LogP) is 3.22. The van der Waals surface area contributed by atoms with E-state index in [4.69, 9.17) is 9.47 Å². The molecule has 6 nitrogen and oxygen atoms in total. The van der Waals surface area contributed by atoms with Crippen molar-refractivity contribution in [3.8, 4) is 0 Å². The summed E-state index contributed by atoms with van der Waals surface area (Å²) in [7, 11) is -0.605. The van der Waals surface area contributed by atoms with Gasteiger partial charge in [0.25, 0.3) is 10.0 Å². The second kappa shape index (κ2) is 8.93. The van der Waals surface area contributed by atoms with Crippen LogP contribution in [0.4, 0.5) is 5.69 Å². The average molecular weight is 376 g/mol. The Kier molecular flexibility index (Phi) is 6.90. The largest absolute Gasteiger partial charge is 0.354 e. The highest BCUT2D eigenvalue weighted by Gasteiger charge is 2.18. The molecule has 26 heavy (non-hydrogen) atoms. The van der Waals surface area contributed by atoms with Gasteiger partial charge >= 0.3 is 0 Å². The van der Waals surface area contributed by atoms with Gasteiger partial charge in [-0.15, -0.1) is 0 Å².